The number of carbonyl (C=O) groups is 2. The summed E-state index contributed by atoms with van der Waals surface area (Å²) in [7, 11) is 0. The third-order valence-corrected chi connectivity index (χ3v) is 5.63. The zero-order valence-corrected chi connectivity index (χ0v) is 16.0. The number of hydrogen-bond acceptors (Lipinski definition) is 5. The Bertz CT molecular complexity index is 443. The fourth-order valence-electron chi connectivity index (χ4n) is 2.87. The average molecular weight is 398 g/mol. The lowest BCUT2D eigenvalue weighted by Crippen LogP contribution is -2.32. The highest BCUT2D eigenvalue weighted by molar-refractivity contribution is 8.00. The third-order valence-electron chi connectivity index (χ3n) is 4.37. The molecule has 1 aliphatic heterocycles. The number of Topliss-reactive ketones (excluding diaryl/α,β-unsaturated/α-hetero) is 1. The van der Waals surface area contributed by atoms with Gasteiger partial charge < -0.3 is 9.84 Å². The smallest absolute Gasteiger partial charge is 0.397 e. The summed E-state index contributed by atoms with van der Waals surface area (Å²) in [4.78, 5) is 24.4. The molecule has 0 aromatic carbocycles. The highest BCUT2D eigenvalue weighted by atomic mass is 32.2. The summed E-state index contributed by atoms with van der Waals surface area (Å²) in [5.74, 6) is -2.63. The van der Waals surface area contributed by atoms with E-state index in [0.29, 0.717) is 24.6 Å². The first-order chi connectivity index (χ1) is 12.2. The van der Waals surface area contributed by atoms with Gasteiger partial charge in [-0.15, -0.1) is 11.8 Å². The normalized spacial score (nSPS) is 28.6. The van der Waals surface area contributed by atoms with Crippen molar-refractivity contribution < 1.29 is 32.6 Å². The lowest BCUT2D eigenvalue weighted by Gasteiger charge is -2.21. The van der Waals surface area contributed by atoms with Gasteiger partial charge in [0.05, 0.1) is 11.9 Å². The first-order valence-electron chi connectivity index (χ1n) is 9.28. The number of ketones is 1. The Morgan fingerprint density at radius 3 is 2.15 bits per heavy atom. The van der Waals surface area contributed by atoms with Gasteiger partial charge in [-0.05, 0) is 26.2 Å². The van der Waals surface area contributed by atoms with Gasteiger partial charge in [-0.25, -0.2) is 0 Å². The van der Waals surface area contributed by atoms with Crippen LogP contribution in [0.4, 0.5) is 13.2 Å². The molecular formula is C18H29F3O4S. The van der Waals surface area contributed by atoms with Gasteiger partial charge in [-0.2, -0.15) is 13.2 Å². The number of carbonyl (C=O) groups excluding carboxylic acids is 2. The second kappa shape index (κ2) is 11.8. The predicted octanol–water partition coefficient (Wildman–Crippen LogP) is 4.43. The van der Waals surface area contributed by atoms with E-state index < -0.39 is 47.6 Å². The molecule has 0 aliphatic carbocycles. The molecule has 0 aromatic rings. The number of esters is 1. The number of ether oxygens (including phenoxy) is 1. The summed E-state index contributed by atoms with van der Waals surface area (Å²) < 4.78 is 42.8. The van der Waals surface area contributed by atoms with Gasteiger partial charge in [0.1, 0.15) is 11.4 Å². The Balaban J connectivity index is 2.74. The zero-order valence-electron chi connectivity index (χ0n) is 15.2. The van der Waals surface area contributed by atoms with Gasteiger partial charge in [-0.1, -0.05) is 38.5 Å². The van der Waals surface area contributed by atoms with Crippen LogP contribution in [-0.4, -0.2) is 46.2 Å². The number of hydrogen-bond donors (Lipinski definition) is 1. The van der Waals surface area contributed by atoms with E-state index in [1.54, 1.807) is 6.92 Å². The Morgan fingerprint density at radius 1 is 1.04 bits per heavy atom. The van der Waals surface area contributed by atoms with E-state index in [2.05, 4.69) is 0 Å². The van der Waals surface area contributed by atoms with Gasteiger partial charge in [0.2, 0.25) is 0 Å². The Labute approximate surface area is 157 Å². The van der Waals surface area contributed by atoms with Crippen LogP contribution in [0.2, 0.25) is 0 Å². The monoisotopic (exact) mass is 398 g/mol. The van der Waals surface area contributed by atoms with Crippen molar-refractivity contribution in [1.82, 2.24) is 0 Å². The molecule has 1 N–H and O–H groups in total. The molecular weight excluding hydrogens is 369 g/mol. The molecule has 0 radical (unpaired) electrons. The lowest BCUT2D eigenvalue weighted by molar-refractivity contribution is -0.149. The first-order valence-corrected chi connectivity index (χ1v) is 10.3. The van der Waals surface area contributed by atoms with Crippen molar-refractivity contribution in [2.45, 2.75) is 94.8 Å². The summed E-state index contributed by atoms with van der Waals surface area (Å²) in [6.45, 7) is 1.71. The number of aliphatic hydroxyl groups excluding tert-OH is 1. The van der Waals surface area contributed by atoms with E-state index >= 15 is 0 Å². The van der Waals surface area contributed by atoms with Crippen LogP contribution in [0.15, 0.2) is 0 Å². The molecule has 1 rings (SSSR count). The predicted molar refractivity (Wildman–Crippen MR) is 95.0 cm³/mol. The maximum absolute atomic E-state index is 12.5. The number of halogens is 3. The highest BCUT2D eigenvalue weighted by Crippen LogP contribution is 2.28. The molecule has 4 nitrogen and oxygen atoms in total. The largest absolute Gasteiger partial charge is 0.462 e. The number of alkyl halides is 3. The molecule has 0 saturated carbocycles. The van der Waals surface area contributed by atoms with Crippen LogP contribution in [0.1, 0.15) is 71.1 Å². The first kappa shape index (κ1) is 23.3. The quantitative estimate of drug-likeness (QED) is 0.698. The molecule has 26 heavy (non-hydrogen) atoms. The summed E-state index contributed by atoms with van der Waals surface area (Å²) >= 11 is 0.356. The molecule has 1 unspecified atom stereocenters. The van der Waals surface area contributed by atoms with Crippen molar-refractivity contribution in [1.29, 1.82) is 0 Å². The van der Waals surface area contributed by atoms with E-state index in [4.69, 9.17) is 4.74 Å². The molecule has 3 atom stereocenters. The summed E-state index contributed by atoms with van der Waals surface area (Å²) in [6, 6.07) is 0. The molecule has 0 spiro atoms. The van der Waals surface area contributed by atoms with Crippen molar-refractivity contribution in [2.24, 2.45) is 0 Å². The van der Waals surface area contributed by atoms with E-state index in [0.717, 1.165) is 38.5 Å². The molecule has 0 amide bonds. The fraction of sp³-hybridized carbons (Fsp3) is 0.889. The average Bonchev–Trinajstić information content (AvgIpc) is 2.54. The summed E-state index contributed by atoms with van der Waals surface area (Å²) in [5, 5.41) is 8.70. The molecule has 152 valence electrons. The van der Waals surface area contributed by atoms with Crippen LogP contribution in [0, 0.1) is 0 Å². The number of rotatable bonds is 2. The second-order valence-corrected chi connectivity index (χ2v) is 8.09. The number of cyclic esters (lactones) is 1. The van der Waals surface area contributed by atoms with E-state index in [9.17, 15) is 27.9 Å². The Morgan fingerprint density at radius 2 is 1.58 bits per heavy atom. The third kappa shape index (κ3) is 10.4. The van der Waals surface area contributed by atoms with Crippen molar-refractivity contribution in [3.8, 4) is 0 Å². The number of aliphatic hydroxyl groups is 1. The maximum Gasteiger partial charge on any atom is 0.397 e. The summed E-state index contributed by atoms with van der Waals surface area (Å²) in [5.41, 5.74) is 0. The maximum atomic E-state index is 12.5. The van der Waals surface area contributed by atoms with Crippen LogP contribution in [0.3, 0.4) is 0 Å². The van der Waals surface area contributed by atoms with E-state index in [1.807, 2.05) is 0 Å². The molecule has 1 aliphatic rings. The van der Waals surface area contributed by atoms with E-state index in [-0.39, 0.29) is 6.42 Å². The minimum Gasteiger partial charge on any atom is -0.462 e. The number of thioether (sulfide) groups is 1. The topological polar surface area (TPSA) is 63.6 Å². The van der Waals surface area contributed by atoms with Crippen LogP contribution in [-0.2, 0) is 14.3 Å². The lowest BCUT2D eigenvalue weighted by atomic mass is 10.0. The van der Waals surface area contributed by atoms with Gasteiger partial charge in [0, 0.05) is 6.42 Å². The Kier molecular flexibility index (Phi) is 10.6. The standard InChI is InChI=1S/C18H29F3O4S/c1-13-9-7-5-3-2-4-6-8-10-14(22)15(23)11-16(17(24)25-13)26-12-18(19,20)21/h13-14,16,22H,2-12H2,1H3/t13-,14+,16?/m1/s1. The van der Waals surface area contributed by atoms with Gasteiger partial charge in [0.25, 0.3) is 0 Å². The Hall–Kier alpha value is -0.760. The van der Waals surface area contributed by atoms with Crippen molar-refractivity contribution >= 4 is 23.5 Å². The molecule has 8 heteroatoms. The highest BCUT2D eigenvalue weighted by Gasteiger charge is 2.34. The zero-order chi connectivity index (χ0) is 19.6. The minimum absolute atomic E-state index is 0.279. The van der Waals surface area contributed by atoms with E-state index in [1.165, 1.54) is 0 Å². The van der Waals surface area contributed by atoms with Gasteiger partial charge >= 0.3 is 12.1 Å². The van der Waals surface area contributed by atoms with Crippen molar-refractivity contribution in [3.05, 3.63) is 0 Å². The van der Waals surface area contributed by atoms with Crippen molar-refractivity contribution in [2.75, 3.05) is 5.75 Å². The fourth-order valence-corrected chi connectivity index (χ4v) is 3.74. The van der Waals surface area contributed by atoms with Crippen LogP contribution < -0.4 is 0 Å². The van der Waals surface area contributed by atoms with Crippen LogP contribution in [0.25, 0.3) is 0 Å². The summed E-state index contributed by atoms with van der Waals surface area (Å²) in [6.07, 6.45) is 1.15. The van der Waals surface area contributed by atoms with Gasteiger partial charge in [-0.3, -0.25) is 9.59 Å². The van der Waals surface area contributed by atoms with Crippen molar-refractivity contribution in [3.63, 3.8) is 0 Å². The molecule has 1 heterocycles. The van der Waals surface area contributed by atoms with Crippen LogP contribution >= 0.6 is 11.8 Å². The second-order valence-electron chi connectivity index (χ2n) is 6.90. The van der Waals surface area contributed by atoms with Crippen LogP contribution in [0.5, 0.6) is 0 Å². The molecule has 1 fully saturated rings. The van der Waals surface area contributed by atoms with Gasteiger partial charge in [0.15, 0.2) is 5.78 Å². The molecule has 0 aromatic heterocycles. The molecule has 1 saturated heterocycles. The SMILES string of the molecule is C[C@@H]1CCCCCCCCC[C@H](O)C(=O)CC(SCC(F)(F)F)C(=O)O1. The molecule has 0 bridgehead atoms. The minimum atomic E-state index is -4.44.